The molecule has 4 rings (SSSR count). The summed E-state index contributed by atoms with van der Waals surface area (Å²) in [6, 6.07) is 11.8. The Kier molecular flexibility index (Phi) is 7.81. The summed E-state index contributed by atoms with van der Waals surface area (Å²) >= 11 is 0. The molecule has 2 aliphatic carbocycles. The molecule has 0 spiro atoms. The number of Topliss-reactive ketones (excluding diaryl/α,β-unsaturated/α-hetero) is 2. The van der Waals surface area contributed by atoms with E-state index in [9.17, 15) is 19.2 Å². The van der Waals surface area contributed by atoms with Crippen LogP contribution in [0.15, 0.2) is 66.0 Å². The summed E-state index contributed by atoms with van der Waals surface area (Å²) in [6.07, 6.45) is 3.98. The summed E-state index contributed by atoms with van der Waals surface area (Å²) in [4.78, 5) is 51.2. The molecule has 1 unspecified atom stereocenters. The first-order chi connectivity index (χ1) is 17.9. The van der Waals surface area contributed by atoms with E-state index in [1.807, 2.05) is 6.92 Å². The van der Waals surface area contributed by atoms with Crippen LogP contribution in [0, 0.1) is 23.7 Å². The first-order valence-corrected chi connectivity index (χ1v) is 12.1. The van der Waals surface area contributed by atoms with Gasteiger partial charge in [0.05, 0.1) is 17.3 Å². The summed E-state index contributed by atoms with van der Waals surface area (Å²) in [7, 11) is 0. The molecule has 2 aliphatic rings. The average molecular weight is 491 g/mol. The van der Waals surface area contributed by atoms with Crippen molar-refractivity contribution in [3.8, 4) is 23.7 Å². The Hall–Kier alpha value is -4.68. The predicted octanol–water partition coefficient (Wildman–Crippen LogP) is 4.00. The van der Waals surface area contributed by atoms with Gasteiger partial charge in [0.2, 0.25) is 11.6 Å². The van der Waals surface area contributed by atoms with E-state index in [-0.39, 0.29) is 47.0 Å². The second kappa shape index (κ2) is 11.4. The molecule has 2 N–H and O–H groups in total. The maximum Gasteiger partial charge on any atom is 0.209 e. The van der Waals surface area contributed by atoms with Crippen LogP contribution in [0.5, 0.6) is 0 Å². The topological polar surface area (TPSA) is 92.3 Å². The van der Waals surface area contributed by atoms with Crippen LogP contribution in [-0.2, 0) is 0 Å². The molecule has 6 nitrogen and oxygen atoms in total. The van der Waals surface area contributed by atoms with Gasteiger partial charge < -0.3 is 10.6 Å². The van der Waals surface area contributed by atoms with Gasteiger partial charge in [0, 0.05) is 60.3 Å². The molecule has 0 saturated carbocycles. The first kappa shape index (κ1) is 25.4. The van der Waals surface area contributed by atoms with Gasteiger partial charge in [-0.05, 0) is 24.6 Å². The standard InChI is InChI=1S/C31H26N2O4/c1-3-5-6-9-15-32-26-17-29(35)23-14-13-20(16-25(23)31(26)37)21(10-4-2)19-33-27-18-28(34)22-11-7-8-12-24(22)30(27)36/h7-8,11-14,16-18,21,32-33H,3,9,15,19H2,1-2H3. The molecule has 0 saturated heterocycles. The highest BCUT2D eigenvalue weighted by Crippen LogP contribution is 2.26. The number of hydrogen-bond acceptors (Lipinski definition) is 6. The minimum absolute atomic E-state index is 0.205. The summed E-state index contributed by atoms with van der Waals surface area (Å²) in [5.74, 6) is 10.6. The van der Waals surface area contributed by atoms with Crippen molar-refractivity contribution in [1.29, 1.82) is 0 Å². The highest BCUT2D eigenvalue weighted by Gasteiger charge is 2.28. The molecule has 0 aromatic heterocycles. The van der Waals surface area contributed by atoms with E-state index < -0.39 is 0 Å². The average Bonchev–Trinajstić information content (AvgIpc) is 2.91. The molecule has 0 fully saturated rings. The van der Waals surface area contributed by atoms with Crippen molar-refractivity contribution in [2.75, 3.05) is 13.1 Å². The van der Waals surface area contributed by atoms with E-state index in [1.54, 1.807) is 49.4 Å². The van der Waals surface area contributed by atoms with Crippen molar-refractivity contribution in [1.82, 2.24) is 10.6 Å². The molecule has 1 atom stereocenters. The zero-order valence-corrected chi connectivity index (χ0v) is 20.7. The molecule has 0 heterocycles. The van der Waals surface area contributed by atoms with E-state index in [1.165, 1.54) is 12.2 Å². The van der Waals surface area contributed by atoms with E-state index >= 15 is 0 Å². The maximum absolute atomic E-state index is 13.2. The lowest BCUT2D eigenvalue weighted by molar-refractivity contribution is 0.0978. The third-order valence-electron chi connectivity index (χ3n) is 6.12. The molecule has 2 aromatic carbocycles. The van der Waals surface area contributed by atoms with Crippen LogP contribution < -0.4 is 10.6 Å². The highest BCUT2D eigenvalue weighted by atomic mass is 16.1. The van der Waals surface area contributed by atoms with Gasteiger partial charge in [-0.1, -0.05) is 43.2 Å². The minimum atomic E-state index is -0.384. The number of carbonyl (C=O) groups excluding carboxylic acids is 4. The van der Waals surface area contributed by atoms with Crippen LogP contribution in [0.3, 0.4) is 0 Å². The van der Waals surface area contributed by atoms with Crippen molar-refractivity contribution < 1.29 is 19.2 Å². The Labute approximate surface area is 216 Å². The molecule has 6 heteroatoms. The fraction of sp³-hybridized carbons (Fsp3) is 0.226. The monoisotopic (exact) mass is 490 g/mol. The molecule has 0 amide bonds. The Morgan fingerprint density at radius 3 is 2.14 bits per heavy atom. The molecule has 0 bridgehead atoms. The lowest BCUT2D eigenvalue weighted by atomic mass is 9.87. The number of carbonyl (C=O) groups is 4. The quantitative estimate of drug-likeness (QED) is 0.450. The Balaban J connectivity index is 1.52. The Morgan fingerprint density at radius 1 is 0.784 bits per heavy atom. The fourth-order valence-corrected chi connectivity index (χ4v) is 4.29. The largest absolute Gasteiger partial charge is 0.381 e. The highest BCUT2D eigenvalue weighted by molar-refractivity contribution is 6.25. The Bertz CT molecular complexity index is 1490. The number of rotatable bonds is 7. The molecule has 184 valence electrons. The number of nitrogens with one attached hydrogen (secondary N) is 2. The van der Waals surface area contributed by atoms with Crippen molar-refractivity contribution in [2.24, 2.45) is 0 Å². The van der Waals surface area contributed by atoms with E-state index in [2.05, 4.69) is 34.3 Å². The summed E-state index contributed by atoms with van der Waals surface area (Å²) in [5.41, 5.74) is 2.58. The normalized spacial score (nSPS) is 14.6. The molecule has 37 heavy (non-hydrogen) atoms. The molecule has 0 aliphatic heterocycles. The van der Waals surface area contributed by atoms with Crippen LogP contribution >= 0.6 is 0 Å². The number of ketones is 4. The van der Waals surface area contributed by atoms with Crippen molar-refractivity contribution >= 4 is 23.1 Å². The van der Waals surface area contributed by atoms with E-state index in [0.717, 1.165) is 12.0 Å². The molecular weight excluding hydrogens is 464 g/mol. The number of fused-ring (bicyclic) bond motifs is 2. The lowest BCUT2D eigenvalue weighted by Crippen LogP contribution is -2.30. The predicted molar refractivity (Wildman–Crippen MR) is 141 cm³/mol. The second-order valence-electron chi connectivity index (χ2n) is 8.57. The van der Waals surface area contributed by atoms with Gasteiger partial charge in [0.15, 0.2) is 11.6 Å². The van der Waals surface area contributed by atoms with Crippen LogP contribution in [0.25, 0.3) is 0 Å². The maximum atomic E-state index is 13.2. The first-order valence-electron chi connectivity index (χ1n) is 12.1. The summed E-state index contributed by atoms with van der Waals surface area (Å²) in [6.45, 7) is 4.38. The number of benzene rings is 2. The van der Waals surface area contributed by atoms with Gasteiger partial charge in [-0.3, -0.25) is 19.2 Å². The van der Waals surface area contributed by atoms with Gasteiger partial charge >= 0.3 is 0 Å². The van der Waals surface area contributed by atoms with E-state index in [4.69, 9.17) is 0 Å². The third kappa shape index (κ3) is 5.44. The van der Waals surface area contributed by atoms with Crippen molar-refractivity contribution in [3.63, 3.8) is 0 Å². The summed E-state index contributed by atoms with van der Waals surface area (Å²) < 4.78 is 0. The van der Waals surface area contributed by atoms with Gasteiger partial charge in [-0.2, -0.15) is 0 Å². The van der Waals surface area contributed by atoms with Crippen LogP contribution in [0.2, 0.25) is 0 Å². The van der Waals surface area contributed by atoms with Crippen LogP contribution in [0.4, 0.5) is 0 Å². The van der Waals surface area contributed by atoms with Crippen molar-refractivity contribution in [3.05, 3.63) is 93.8 Å². The SMILES string of the molecule is CC#CC(CNC1=CC(=O)c2ccccc2C1=O)c1ccc2c(c1)C(=O)C(NCCC#CCC)=CC2=O. The van der Waals surface area contributed by atoms with Gasteiger partial charge in [-0.25, -0.2) is 0 Å². The summed E-state index contributed by atoms with van der Waals surface area (Å²) in [5, 5.41) is 6.11. The van der Waals surface area contributed by atoms with Crippen LogP contribution in [0.1, 0.15) is 79.6 Å². The van der Waals surface area contributed by atoms with Crippen LogP contribution in [-0.4, -0.2) is 36.2 Å². The number of hydrogen-bond donors (Lipinski definition) is 2. The second-order valence-corrected chi connectivity index (χ2v) is 8.57. The molecule has 0 radical (unpaired) electrons. The third-order valence-corrected chi connectivity index (χ3v) is 6.12. The fourth-order valence-electron chi connectivity index (χ4n) is 4.29. The number of allylic oxidation sites excluding steroid dienone is 4. The molecule has 2 aromatic rings. The lowest BCUT2D eigenvalue weighted by Gasteiger charge is -2.21. The van der Waals surface area contributed by atoms with E-state index in [0.29, 0.717) is 35.2 Å². The van der Waals surface area contributed by atoms with Gasteiger partial charge in [0.1, 0.15) is 0 Å². The minimum Gasteiger partial charge on any atom is -0.381 e. The van der Waals surface area contributed by atoms with Crippen molar-refractivity contribution in [2.45, 2.75) is 32.6 Å². The van der Waals surface area contributed by atoms with Gasteiger partial charge in [0.25, 0.3) is 0 Å². The van der Waals surface area contributed by atoms with Gasteiger partial charge in [-0.15, -0.1) is 17.8 Å². The Morgan fingerprint density at radius 2 is 1.43 bits per heavy atom. The zero-order chi connectivity index (χ0) is 26.4. The zero-order valence-electron chi connectivity index (χ0n) is 20.7. The molecular formula is C31H26N2O4. The smallest absolute Gasteiger partial charge is 0.209 e.